The van der Waals surface area contributed by atoms with E-state index in [0.29, 0.717) is 19.1 Å². The van der Waals surface area contributed by atoms with E-state index in [1.54, 1.807) is 25.2 Å². The first-order valence-corrected chi connectivity index (χ1v) is 12.0. The van der Waals surface area contributed by atoms with Gasteiger partial charge in [-0.15, -0.1) is 0 Å². The minimum Gasteiger partial charge on any atom is -0.383 e. The van der Waals surface area contributed by atoms with Crippen molar-refractivity contribution < 1.29 is 13.2 Å². The van der Waals surface area contributed by atoms with Crippen LogP contribution in [-0.2, 0) is 26.7 Å². The van der Waals surface area contributed by atoms with Crippen LogP contribution in [0.2, 0.25) is 0 Å². The molecule has 168 valence electrons. The van der Waals surface area contributed by atoms with Crippen LogP contribution >= 0.6 is 0 Å². The molecule has 0 aliphatic heterocycles. The predicted octanol–water partition coefficient (Wildman–Crippen LogP) is 2.40. The number of nitrogens with one attached hydrogen (secondary N) is 3. The van der Waals surface area contributed by atoms with E-state index in [9.17, 15) is 8.42 Å². The molecule has 0 spiro atoms. The molecular weight excluding hydrogens is 412 g/mol. The Labute approximate surface area is 185 Å². The van der Waals surface area contributed by atoms with Crippen molar-refractivity contribution in [3.8, 4) is 0 Å². The van der Waals surface area contributed by atoms with Gasteiger partial charge in [-0.3, -0.25) is 4.99 Å². The summed E-state index contributed by atoms with van der Waals surface area (Å²) >= 11 is 0. The van der Waals surface area contributed by atoms with Gasteiger partial charge in [0.25, 0.3) is 0 Å². The Morgan fingerprint density at radius 1 is 1.10 bits per heavy atom. The third-order valence-corrected chi connectivity index (χ3v) is 7.24. The second-order valence-corrected chi connectivity index (χ2v) is 9.58. The van der Waals surface area contributed by atoms with Crippen molar-refractivity contribution in [2.45, 2.75) is 36.1 Å². The lowest BCUT2D eigenvalue weighted by Crippen LogP contribution is -2.48. The van der Waals surface area contributed by atoms with Crippen LogP contribution in [0.1, 0.15) is 30.4 Å². The van der Waals surface area contributed by atoms with Crippen molar-refractivity contribution >= 4 is 16.0 Å². The maximum absolute atomic E-state index is 12.4. The molecule has 0 bridgehead atoms. The molecule has 3 rings (SSSR count). The van der Waals surface area contributed by atoms with Gasteiger partial charge in [-0.1, -0.05) is 48.9 Å². The molecule has 0 unspecified atom stereocenters. The highest BCUT2D eigenvalue weighted by Crippen LogP contribution is 2.43. The van der Waals surface area contributed by atoms with Crippen LogP contribution in [0.15, 0.2) is 64.5 Å². The second-order valence-electron chi connectivity index (χ2n) is 7.82. The third-order valence-electron chi connectivity index (χ3n) is 5.78. The largest absolute Gasteiger partial charge is 0.383 e. The number of hydrogen-bond donors (Lipinski definition) is 3. The average molecular weight is 445 g/mol. The molecule has 0 atom stereocenters. The minimum atomic E-state index is -3.56. The summed E-state index contributed by atoms with van der Waals surface area (Å²) in [5.41, 5.74) is 2.38. The van der Waals surface area contributed by atoms with Gasteiger partial charge in [0.1, 0.15) is 0 Å². The van der Waals surface area contributed by atoms with Crippen LogP contribution in [0.4, 0.5) is 0 Å². The van der Waals surface area contributed by atoms with E-state index >= 15 is 0 Å². The summed E-state index contributed by atoms with van der Waals surface area (Å²) in [6.45, 7) is 1.85. The number of ether oxygens (including phenoxy) is 1. The van der Waals surface area contributed by atoms with Crippen molar-refractivity contribution in [1.82, 2.24) is 15.4 Å². The number of rotatable bonds is 10. The summed E-state index contributed by atoms with van der Waals surface area (Å²) < 4.78 is 32.3. The van der Waals surface area contributed by atoms with Gasteiger partial charge in [0.2, 0.25) is 10.0 Å². The molecule has 7 nitrogen and oxygen atoms in total. The third kappa shape index (κ3) is 6.06. The first kappa shape index (κ1) is 23.2. The van der Waals surface area contributed by atoms with E-state index in [1.165, 1.54) is 19.1 Å². The monoisotopic (exact) mass is 444 g/mol. The molecule has 8 heteroatoms. The SMILES string of the molecule is CN=C(NCc1cccc(S(=O)(=O)NCCOC)c1)NCC1(c2ccccc2)CCC1. The van der Waals surface area contributed by atoms with Crippen molar-refractivity contribution in [2.24, 2.45) is 4.99 Å². The normalized spacial score (nSPS) is 15.9. The Morgan fingerprint density at radius 2 is 1.87 bits per heavy atom. The lowest BCUT2D eigenvalue weighted by Gasteiger charge is -2.43. The lowest BCUT2D eigenvalue weighted by atomic mass is 9.64. The summed E-state index contributed by atoms with van der Waals surface area (Å²) in [6.07, 6.45) is 3.57. The zero-order chi connectivity index (χ0) is 22.2. The second kappa shape index (κ2) is 10.7. The van der Waals surface area contributed by atoms with Crippen LogP contribution in [-0.4, -0.2) is 48.2 Å². The molecule has 0 amide bonds. The van der Waals surface area contributed by atoms with E-state index in [0.717, 1.165) is 24.9 Å². The fraction of sp³-hybridized carbons (Fsp3) is 0.435. The average Bonchev–Trinajstić information content (AvgIpc) is 2.76. The molecule has 31 heavy (non-hydrogen) atoms. The van der Waals surface area contributed by atoms with Gasteiger partial charge >= 0.3 is 0 Å². The Kier molecular flexibility index (Phi) is 8.06. The molecule has 1 aliphatic carbocycles. The fourth-order valence-corrected chi connectivity index (χ4v) is 4.89. The molecule has 0 aromatic heterocycles. The predicted molar refractivity (Wildman–Crippen MR) is 124 cm³/mol. The zero-order valence-electron chi connectivity index (χ0n) is 18.2. The summed E-state index contributed by atoms with van der Waals surface area (Å²) in [5.74, 6) is 0.702. The molecule has 1 saturated carbocycles. The maximum Gasteiger partial charge on any atom is 0.240 e. The summed E-state index contributed by atoms with van der Waals surface area (Å²) in [7, 11) is -0.281. The highest BCUT2D eigenvalue weighted by atomic mass is 32.2. The van der Waals surface area contributed by atoms with Crippen molar-refractivity contribution in [3.05, 3.63) is 65.7 Å². The zero-order valence-corrected chi connectivity index (χ0v) is 19.0. The van der Waals surface area contributed by atoms with Gasteiger partial charge in [0, 0.05) is 39.2 Å². The number of aliphatic imine (C=N–C) groups is 1. The molecule has 1 aliphatic rings. The summed E-state index contributed by atoms with van der Waals surface area (Å²) in [5, 5.41) is 6.75. The van der Waals surface area contributed by atoms with Crippen LogP contribution < -0.4 is 15.4 Å². The molecule has 3 N–H and O–H groups in total. The Hall–Kier alpha value is -2.42. The van der Waals surface area contributed by atoms with E-state index in [1.807, 2.05) is 12.1 Å². The quantitative estimate of drug-likeness (QED) is 0.297. The molecule has 0 radical (unpaired) electrons. The van der Waals surface area contributed by atoms with Crippen LogP contribution in [0.3, 0.4) is 0 Å². The molecule has 2 aromatic carbocycles. The highest BCUT2D eigenvalue weighted by Gasteiger charge is 2.38. The van der Waals surface area contributed by atoms with Gasteiger partial charge < -0.3 is 15.4 Å². The van der Waals surface area contributed by atoms with Crippen molar-refractivity contribution in [2.75, 3.05) is 33.9 Å². The van der Waals surface area contributed by atoms with Gasteiger partial charge in [0.05, 0.1) is 11.5 Å². The van der Waals surface area contributed by atoms with Gasteiger partial charge in [-0.2, -0.15) is 0 Å². The summed E-state index contributed by atoms with van der Waals surface area (Å²) in [4.78, 5) is 4.57. The van der Waals surface area contributed by atoms with Gasteiger partial charge in [-0.05, 0) is 36.1 Å². The number of sulfonamides is 1. The van der Waals surface area contributed by atoms with Crippen LogP contribution in [0.5, 0.6) is 0 Å². The Bertz CT molecular complexity index is 973. The topological polar surface area (TPSA) is 91.8 Å². The van der Waals surface area contributed by atoms with Gasteiger partial charge in [0.15, 0.2) is 5.96 Å². The molecule has 1 fully saturated rings. The molecular formula is C23H32N4O3S. The number of hydrogen-bond acceptors (Lipinski definition) is 4. The van der Waals surface area contributed by atoms with E-state index in [2.05, 4.69) is 44.6 Å². The van der Waals surface area contributed by atoms with Crippen molar-refractivity contribution in [1.29, 1.82) is 0 Å². The number of guanidine groups is 1. The first-order chi connectivity index (χ1) is 15.0. The van der Waals surface area contributed by atoms with E-state index < -0.39 is 10.0 Å². The van der Waals surface area contributed by atoms with Crippen molar-refractivity contribution in [3.63, 3.8) is 0 Å². The molecule has 0 heterocycles. The Balaban J connectivity index is 1.57. The van der Waals surface area contributed by atoms with E-state index in [-0.39, 0.29) is 16.9 Å². The fourth-order valence-electron chi connectivity index (χ4n) is 3.81. The number of nitrogens with zero attached hydrogens (tertiary/aromatic N) is 1. The first-order valence-electron chi connectivity index (χ1n) is 10.6. The van der Waals surface area contributed by atoms with Crippen LogP contribution in [0.25, 0.3) is 0 Å². The molecule has 2 aromatic rings. The number of methoxy groups -OCH3 is 1. The molecule has 0 saturated heterocycles. The lowest BCUT2D eigenvalue weighted by molar-refractivity contribution is 0.204. The summed E-state index contributed by atoms with van der Waals surface area (Å²) in [6, 6.07) is 17.5. The minimum absolute atomic E-state index is 0.154. The van der Waals surface area contributed by atoms with E-state index in [4.69, 9.17) is 4.74 Å². The van der Waals surface area contributed by atoms with Crippen LogP contribution in [0, 0.1) is 0 Å². The maximum atomic E-state index is 12.4. The highest BCUT2D eigenvalue weighted by molar-refractivity contribution is 7.89. The standard InChI is InChI=1S/C23H32N4O3S/c1-24-22(26-18-23(12-7-13-23)20-9-4-3-5-10-20)25-17-19-8-6-11-21(16-19)31(28,29)27-14-15-30-2/h3-6,8-11,16,27H,7,12-15,17-18H2,1-2H3,(H2,24,25,26). The number of benzene rings is 2. The van der Waals surface area contributed by atoms with Gasteiger partial charge in [-0.25, -0.2) is 13.1 Å². The Morgan fingerprint density at radius 3 is 2.52 bits per heavy atom. The smallest absolute Gasteiger partial charge is 0.240 e.